The molecule has 0 aromatic rings. The average Bonchev–Trinajstić information content (AvgIpc) is 2.98. The Morgan fingerprint density at radius 1 is 0.800 bits per heavy atom. The first-order valence-electron chi connectivity index (χ1n) is 10.8. The Bertz CT molecular complexity index is 529. The average molecular weight is 641 g/mol. The van der Waals surface area contributed by atoms with Gasteiger partial charge in [-0.15, -0.1) is 6.42 Å². The molecule has 1 aliphatic carbocycles. The fourth-order valence-electron chi connectivity index (χ4n) is 5.68. The molecule has 0 bridgehead atoms. The molecule has 30 heavy (non-hydrogen) atoms. The van der Waals surface area contributed by atoms with Crippen molar-refractivity contribution in [3.05, 3.63) is 22.5 Å². The summed E-state index contributed by atoms with van der Waals surface area (Å²) < 4.78 is 0. The summed E-state index contributed by atoms with van der Waals surface area (Å²) >= 11 is 14.2. The van der Waals surface area contributed by atoms with E-state index < -0.39 is 30.9 Å². The van der Waals surface area contributed by atoms with E-state index in [9.17, 15) is 0 Å². The van der Waals surface area contributed by atoms with E-state index in [4.69, 9.17) is 22.2 Å². The molecule has 2 atom stereocenters. The molecular formula is C21H43Cl4Si4Zr. The molecule has 2 unspecified atom stereocenters. The fraction of sp³-hybridized carbons (Fsp3) is 0.810. The first kappa shape index (κ1) is 36.9. The predicted octanol–water partition coefficient (Wildman–Crippen LogP) is 2.85. The van der Waals surface area contributed by atoms with Crippen LogP contribution in [0.3, 0.4) is 0 Å². The number of hydrogen-bond acceptors (Lipinski definition) is 0. The minimum atomic E-state index is -1.73. The van der Waals surface area contributed by atoms with Crippen molar-refractivity contribution in [3.63, 3.8) is 0 Å². The number of allylic oxidation sites excluding steroid dienone is 4. The van der Waals surface area contributed by atoms with Gasteiger partial charge in [0.15, 0.2) is 7.38 Å². The van der Waals surface area contributed by atoms with E-state index in [1.165, 1.54) is 25.7 Å². The molecule has 0 saturated carbocycles. The van der Waals surface area contributed by atoms with Gasteiger partial charge in [-0.05, 0) is 18.4 Å². The van der Waals surface area contributed by atoms with E-state index in [-0.39, 0.29) is 51.0 Å². The minimum Gasteiger partial charge on any atom is -1.00 e. The Balaban J connectivity index is -0.00000243. The summed E-state index contributed by atoms with van der Waals surface area (Å²) in [5.41, 5.74) is 0. The van der Waals surface area contributed by atoms with E-state index in [1.807, 2.05) is 0 Å². The van der Waals surface area contributed by atoms with E-state index in [1.54, 1.807) is 10.4 Å². The van der Waals surface area contributed by atoms with Crippen LogP contribution in [0.5, 0.6) is 0 Å². The molecule has 0 N–H and O–H groups in total. The monoisotopic (exact) mass is 637 g/mol. The van der Waals surface area contributed by atoms with Crippen molar-refractivity contribution in [2.75, 3.05) is 0 Å². The van der Waals surface area contributed by atoms with Crippen molar-refractivity contribution in [1.29, 1.82) is 0 Å². The summed E-state index contributed by atoms with van der Waals surface area (Å²) in [6.45, 7) is 24.4. The van der Waals surface area contributed by atoms with Crippen LogP contribution >= 0.6 is 22.2 Å². The molecule has 1 aliphatic rings. The van der Waals surface area contributed by atoms with Crippen molar-refractivity contribution in [1.82, 2.24) is 0 Å². The molecule has 0 fully saturated rings. The molecule has 0 saturated heterocycles. The van der Waals surface area contributed by atoms with Crippen molar-refractivity contribution < 1.29 is 51.0 Å². The molecule has 0 aromatic carbocycles. The standard InChI is InChI=1S/C21H43Cl2Si4.2ClH.Zr/c1-11-14-20(26(7,8)22)24(3,4)18-16-13-17-19(18)25(5,6)21(15-12-2)27(9,10)23;;;/h16,20-21H,11-15H2,1-10H3;2*1H;/q-1;;;+3/p-2. The zero-order valence-electron chi connectivity index (χ0n) is 20.8. The van der Waals surface area contributed by atoms with Crippen LogP contribution in [-0.4, -0.2) is 30.9 Å². The second-order valence-corrected chi connectivity index (χ2v) is 34.6. The first-order valence-corrected chi connectivity index (χ1v) is 25.1. The van der Waals surface area contributed by atoms with Gasteiger partial charge >= 0.3 is 26.2 Å². The minimum absolute atomic E-state index is 0. The van der Waals surface area contributed by atoms with Gasteiger partial charge in [0.25, 0.3) is 0 Å². The second-order valence-electron chi connectivity index (χ2n) is 10.6. The Morgan fingerprint density at radius 3 is 1.50 bits per heavy atom. The van der Waals surface area contributed by atoms with E-state index in [0.29, 0.717) is 10.3 Å². The van der Waals surface area contributed by atoms with Crippen LogP contribution in [0.25, 0.3) is 0 Å². The predicted molar refractivity (Wildman–Crippen MR) is 138 cm³/mol. The maximum atomic E-state index is 7.10. The summed E-state index contributed by atoms with van der Waals surface area (Å²) in [7, 11) is -6.80. The summed E-state index contributed by atoms with van der Waals surface area (Å²) in [6.07, 6.45) is 12.4. The van der Waals surface area contributed by atoms with Crippen LogP contribution in [0.4, 0.5) is 0 Å². The second kappa shape index (κ2) is 14.1. The van der Waals surface area contributed by atoms with Gasteiger partial charge in [-0.25, -0.2) is 10.4 Å². The van der Waals surface area contributed by atoms with Crippen molar-refractivity contribution in [2.45, 2.75) is 109 Å². The van der Waals surface area contributed by atoms with Crippen LogP contribution < -0.4 is 24.8 Å². The van der Waals surface area contributed by atoms with Crippen LogP contribution in [0.15, 0.2) is 16.5 Å². The number of hydrogen-bond donors (Lipinski definition) is 0. The molecule has 0 aliphatic heterocycles. The molecule has 0 amide bonds. The molecule has 0 heterocycles. The van der Waals surface area contributed by atoms with E-state index in [0.717, 1.165) is 6.42 Å². The number of rotatable bonds is 10. The first-order chi connectivity index (χ1) is 12.1. The molecule has 0 spiro atoms. The normalized spacial score (nSPS) is 17.1. The van der Waals surface area contributed by atoms with Crippen molar-refractivity contribution >= 4 is 53.1 Å². The van der Waals surface area contributed by atoms with Gasteiger partial charge in [0, 0.05) is 8.07 Å². The van der Waals surface area contributed by atoms with Gasteiger partial charge in [0.1, 0.15) is 7.38 Å². The molecule has 0 aromatic heterocycles. The Morgan fingerprint density at radius 2 is 1.17 bits per heavy atom. The van der Waals surface area contributed by atoms with E-state index in [2.05, 4.69) is 78.4 Å². The van der Waals surface area contributed by atoms with Crippen LogP contribution in [-0.2, 0) is 26.2 Å². The Labute approximate surface area is 233 Å². The van der Waals surface area contributed by atoms with Crippen molar-refractivity contribution in [3.8, 4) is 0 Å². The summed E-state index contributed by atoms with van der Waals surface area (Å²) in [6, 6.07) is 0. The largest absolute Gasteiger partial charge is 3.00 e. The topological polar surface area (TPSA) is 0 Å². The maximum absolute atomic E-state index is 7.10. The molecule has 9 heteroatoms. The SMILES string of the molecule is CCCC([Si](C)(C)Cl)[Si](C)(C)C1=[C-]CC=C1[Si](C)(C)C(CCC)[Si](C)(C)Cl.[Cl-].[Cl-].[Zr+3]. The smallest absolute Gasteiger partial charge is 1.00 e. The fourth-order valence-corrected chi connectivity index (χ4v) is 35.2. The van der Waals surface area contributed by atoms with Gasteiger partial charge in [0.05, 0.1) is 0 Å². The third-order valence-electron chi connectivity index (χ3n) is 6.75. The third kappa shape index (κ3) is 8.87. The quantitative estimate of drug-likeness (QED) is 0.196. The van der Waals surface area contributed by atoms with Gasteiger partial charge in [-0.2, -0.15) is 28.2 Å². The zero-order valence-corrected chi connectivity index (χ0v) is 30.3. The van der Waals surface area contributed by atoms with Crippen LogP contribution in [0.2, 0.25) is 62.7 Å². The van der Waals surface area contributed by atoms with Gasteiger partial charge < -0.3 is 24.8 Å². The summed E-state index contributed by atoms with van der Waals surface area (Å²) in [5, 5.41) is 4.76. The molecule has 1 rings (SSSR count). The van der Waals surface area contributed by atoms with Crippen molar-refractivity contribution in [2.24, 2.45) is 0 Å². The molecule has 175 valence electrons. The van der Waals surface area contributed by atoms with E-state index >= 15 is 0 Å². The number of halogens is 4. The van der Waals surface area contributed by atoms with Crippen LogP contribution in [0, 0.1) is 6.08 Å². The molecular weight excluding hydrogens is 598 g/mol. The third-order valence-corrected chi connectivity index (χ3v) is 29.9. The van der Waals surface area contributed by atoms with Crippen LogP contribution in [0.1, 0.15) is 46.0 Å². The Kier molecular flexibility index (Phi) is 17.3. The summed E-state index contributed by atoms with van der Waals surface area (Å²) in [4.78, 5) is 0. The maximum Gasteiger partial charge on any atom is 3.00 e. The van der Waals surface area contributed by atoms with Gasteiger partial charge in [0.2, 0.25) is 0 Å². The van der Waals surface area contributed by atoms with Gasteiger partial charge in [-0.1, -0.05) is 91.9 Å². The molecule has 1 radical (unpaired) electrons. The summed E-state index contributed by atoms with van der Waals surface area (Å²) in [5.74, 6) is 0. The Hall–Kier alpha value is 2.39. The zero-order chi connectivity index (χ0) is 21.3. The van der Waals surface area contributed by atoms with Gasteiger partial charge in [-0.3, -0.25) is 6.08 Å². The molecule has 0 nitrogen and oxygen atoms in total.